The largest absolute Gasteiger partial charge is 0.345 e. The van der Waals surface area contributed by atoms with Crippen molar-refractivity contribution in [3.63, 3.8) is 0 Å². The Morgan fingerprint density at radius 3 is 3.04 bits per heavy atom. The molecule has 4 heterocycles. The van der Waals surface area contributed by atoms with E-state index in [9.17, 15) is 4.79 Å². The van der Waals surface area contributed by atoms with E-state index in [1.54, 1.807) is 35.2 Å². The minimum atomic E-state index is -0.237. The van der Waals surface area contributed by atoms with Gasteiger partial charge in [0.25, 0.3) is 11.6 Å². The Morgan fingerprint density at radius 1 is 1.44 bits per heavy atom. The van der Waals surface area contributed by atoms with Crippen LogP contribution in [0.3, 0.4) is 0 Å². The smallest absolute Gasteiger partial charge is 0.259 e. The summed E-state index contributed by atoms with van der Waals surface area (Å²) in [5.41, 5.74) is 2.15. The summed E-state index contributed by atoms with van der Waals surface area (Å²) < 4.78 is 7.04. The molecule has 0 aliphatic carbocycles. The normalized spacial score (nSPS) is 11.1. The molecule has 0 saturated carbocycles. The van der Waals surface area contributed by atoms with Crippen molar-refractivity contribution < 1.29 is 9.32 Å². The number of thiophene rings is 1. The number of aryl methyl sites for hydroxylation is 2. The molecule has 126 valence electrons. The zero-order valence-electron chi connectivity index (χ0n) is 13.6. The Hall–Kier alpha value is -3.07. The van der Waals surface area contributed by atoms with Crippen molar-refractivity contribution >= 4 is 28.3 Å². The molecule has 4 aromatic rings. The van der Waals surface area contributed by atoms with Crippen LogP contribution in [-0.2, 0) is 13.6 Å². The van der Waals surface area contributed by atoms with Gasteiger partial charge in [0.15, 0.2) is 5.82 Å². The van der Waals surface area contributed by atoms with Gasteiger partial charge in [-0.15, -0.1) is 21.5 Å². The van der Waals surface area contributed by atoms with Crippen LogP contribution in [0.15, 0.2) is 34.4 Å². The Labute approximate surface area is 146 Å². The number of carbonyl (C=O) groups excluding carboxylic acids is 1. The van der Waals surface area contributed by atoms with Gasteiger partial charge in [-0.3, -0.25) is 4.79 Å². The van der Waals surface area contributed by atoms with Crippen LogP contribution in [-0.4, -0.2) is 30.8 Å². The molecule has 0 spiro atoms. The average molecular weight is 354 g/mol. The molecule has 4 aromatic heterocycles. The van der Waals surface area contributed by atoms with E-state index < -0.39 is 0 Å². The van der Waals surface area contributed by atoms with Gasteiger partial charge in [0.05, 0.1) is 33.8 Å². The molecule has 0 saturated heterocycles. The third kappa shape index (κ3) is 2.78. The van der Waals surface area contributed by atoms with Crippen LogP contribution in [0, 0.1) is 6.92 Å². The SMILES string of the molecule is Cc1noc2nc(-c3cccs3)cc(C(=O)NCc3nncn3C)c12. The van der Waals surface area contributed by atoms with Crippen molar-refractivity contribution in [3.8, 4) is 10.6 Å². The maximum absolute atomic E-state index is 12.8. The number of hydrogen-bond acceptors (Lipinski definition) is 7. The topological polar surface area (TPSA) is 98.7 Å². The molecular weight excluding hydrogens is 340 g/mol. The molecular formula is C16H14N6O2S. The highest BCUT2D eigenvalue weighted by molar-refractivity contribution is 7.13. The second kappa shape index (κ2) is 6.10. The first-order valence-corrected chi connectivity index (χ1v) is 8.43. The Morgan fingerprint density at radius 2 is 2.32 bits per heavy atom. The molecule has 0 radical (unpaired) electrons. The predicted molar refractivity (Wildman–Crippen MR) is 92.0 cm³/mol. The quantitative estimate of drug-likeness (QED) is 0.604. The van der Waals surface area contributed by atoms with Crippen molar-refractivity contribution in [2.24, 2.45) is 7.05 Å². The molecule has 0 bridgehead atoms. The van der Waals surface area contributed by atoms with Crippen LogP contribution in [0.2, 0.25) is 0 Å². The highest BCUT2D eigenvalue weighted by Gasteiger charge is 2.20. The van der Waals surface area contributed by atoms with Gasteiger partial charge in [0.2, 0.25) is 0 Å². The lowest BCUT2D eigenvalue weighted by Gasteiger charge is -2.07. The summed E-state index contributed by atoms with van der Waals surface area (Å²) in [6.07, 6.45) is 1.59. The van der Waals surface area contributed by atoms with Crippen molar-refractivity contribution in [2.75, 3.05) is 0 Å². The number of nitrogens with one attached hydrogen (secondary N) is 1. The molecule has 0 aliphatic heterocycles. The second-order valence-corrected chi connectivity index (χ2v) is 6.47. The van der Waals surface area contributed by atoms with Gasteiger partial charge >= 0.3 is 0 Å². The highest BCUT2D eigenvalue weighted by atomic mass is 32.1. The Balaban J connectivity index is 1.73. The first kappa shape index (κ1) is 15.5. The van der Waals surface area contributed by atoms with Crippen molar-refractivity contribution in [1.29, 1.82) is 0 Å². The second-order valence-electron chi connectivity index (χ2n) is 5.52. The number of hydrogen-bond donors (Lipinski definition) is 1. The lowest BCUT2D eigenvalue weighted by molar-refractivity contribution is 0.0951. The number of carbonyl (C=O) groups is 1. The van der Waals surface area contributed by atoms with Gasteiger partial charge in [0, 0.05) is 7.05 Å². The van der Waals surface area contributed by atoms with Crippen LogP contribution in [0.25, 0.3) is 21.7 Å². The van der Waals surface area contributed by atoms with Gasteiger partial charge in [-0.2, -0.15) is 0 Å². The molecule has 0 aliphatic rings. The summed E-state index contributed by atoms with van der Waals surface area (Å²) in [5, 5.41) is 17.2. The highest BCUT2D eigenvalue weighted by Crippen LogP contribution is 2.29. The van der Waals surface area contributed by atoms with Gasteiger partial charge in [0.1, 0.15) is 6.33 Å². The molecule has 8 nitrogen and oxygen atoms in total. The van der Waals surface area contributed by atoms with Gasteiger partial charge < -0.3 is 14.4 Å². The lowest BCUT2D eigenvalue weighted by Crippen LogP contribution is -2.24. The standard InChI is InChI=1S/C16H14N6O2S/c1-9-14-10(15(23)17-7-13-20-18-8-22(13)2)6-11(12-4-3-5-25-12)19-16(14)24-21-9/h3-6,8H,7H2,1-2H3,(H,17,23). The van der Waals surface area contributed by atoms with Crippen LogP contribution < -0.4 is 5.32 Å². The molecule has 9 heteroatoms. The molecule has 0 atom stereocenters. The molecule has 1 N–H and O–H groups in total. The molecule has 0 aromatic carbocycles. The summed E-state index contributed by atoms with van der Waals surface area (Å²) in [5.74, 6) is 0.429. The van der Waals surface area contributed by atoms with E-state index in [4.69, 9.17) is 4.52 Å². The van der Waals surface area contributed by atoms with Gasteiger partial charge in [-0.25, -0.2) is 4.98 Å². The number of pyridine rings is 1. The fourth-order valence-electron chi connectivity index (χ4n) is 2.55. The van der Waals surface area contributed by atoms with Crippen LogP contribution in [0.1, 0.15) is 21.9 Å². The predicted octanol–water partition coefficient (Wildman–Crippen LogP) is 2.32. The van der Waals surface area contributed by atoms with E-state index in [1.807, 2.05) is 24.6 Å². The molecule has 4 rings (SSSR count). The fraction of sp³-hybridized carbons (Fsp3) is 0.188. The van der Waals surface area contributed by atoms with Gasteiger partial charge in [-0.1, -0.05) is 11.2 Å². The lowest BCUT2D eigenvalue weighted by atomic mass is 10.1. The van der Waals surface area contributed by atoms with Crippen molar-refractivity contribution in [3.05, 3.63) is 47.0 Å². The zero-order valence-corrected chi connectivity index (χ0v) is 14.4. The number of nitrogens with zero attached hydrogens (tertiary/aromatic N) is 5. The maximum atomic E-state index is 12.8. The Bertz CT molecular complexity index is 1050. The van der Waals surface area contributed by atoms with Crippen molar-refractivity contribution in [2.45, 2.75) is 13.5 Å². The minimum absolute atomic E-state index is 0.237. The van der Waals surface area contributed by atoms with Crippen molar-refractivity contribution in [1.82, 2.24) is 30.2 Å². The summed E-state index contributed by atoms with van der Waals surface area (Å²) in [4.78, 5) is 18.2. The number of rotatable bonds is 4. The zero-order chi connectivity index (χ0) is 17.4. The van der Waals surface area contributed by atoms with Crippen LogP contribution in [0.5, 0.6) is 0 Å². The summed E-state index contributed by atoms with van der Waals surface area (Å²) in [6, 6.07) is 5.65. The first-order chi connectivity index (χ1) is 12.1. The minimum Gasteiger partial charge on any atom is -0.345 e. The summed E-state index contributed by atoms with van der Waals surface area (Å²) in [6.45, 7) is 2.07. The van der Waals surface area contributed by atoms with E-state index in [1.165, 1.54) is 0 Å². The average Bonchev–Trinajstić information content (AvgIpc) is 3.34. The molecule has 25 heavy (non-hydrogen) atoms. The molecule has 0 fully saturated rings. The molecule has 1 amide bonds. The van der Waals surface area contributed by atoms with Crippen LogP contribution in [0.4, 0.5) is 0 Å². The summed E-state index contributed by atoms with van der Waals surface area (Å²) >= 11 is 1.55. The van der Waals surface area contributed by atoms with E-state index >= 15 is 0 Å². The van der Waals surface area contributed by atoms with Gasteiger partial charge in [-0.05, 0) is 24.4 Å². The monoisotopic (exact) mass is 354 g/mol. The van der Waals surface area contributed by atoms with E-state index in [-0.39, 0.29) is 12.5 Å². The number of amides is 1. The molecule has 0 unspecified atom stereocenters. The van der Waals surface area contributed by atoms with E-state index in [0.717, 1.165) is 4.88 Å². The van der Waals surface area contributed by atoms with E-state index in [2.05, 4.69) is 25.7 Å². The first-order valence-electron chi connectivity index (χ1n) is 7.55. The fourth-order valence-corrected chi connectivity index (χ4v) is 3.23. The van der Waals surface area contributed by atoms with Crippen LogP contribution >= 0.6 is 11.3 Å². The third-order valence-electron chi connectivity index (χ3n) is 3.85. The number of fused-ring (bicyclic) bond motifs is 1. The van der Waals surface area contributed by atoms with E-state index in [0.29, 0.717) is 33.9 Å². The maximum Gasteiger partial charge on any atom is 0.259 e. The Kier molecular flexibility index (Phi) is 3.77. The number of aromatic nitrogens is 5. The summed E-state index contributed by atoms with van der Waals surface area (Å²) in [7, 11) is 1.82. The third-order valence-corrected chi connectivity index (χ3v) is 4.74.